The Balaban J connectivity index is 1.96. The van der Waals surface area contributed by atoms with Crippen LogP contribution in [0.1, 0.15) is 11.4 Å². The molecule has 106 valence electrons. The number of carbonyl (C=O) groups is 1. The molecule has 0 saturated carbocycles. The van der Waals surface area contributed by atoms with E-state index in [1.54, 1.807) is 7.11 Å². The van der Waals surface area contributed by atoms with Crippen LogP contribution in [0.4, 0.5) is 5.69 Å². The minimum atomic E-state index is -0.124. The molecule has 0 unspecified atom stereocenters. The van der Waals surface area contributed by atoms with Crippen molar-refractivity contribution in [2.75, 3.05) is 18.2 Å². The lowest BCUT2D eigenvalue weighted by atomic mass is 10.2. The van der Waals surface area contributed by atoms with Crippen LogP contribution < -0.4 is 10.1 Å². The van der Waals surface area contributed by atoms with Gasteiger partial charge in [-0.1, -0.05) is 17.8 Å². The highest BCUT2D eigenvalue weighted by Crippen LogP contribution is 2.25. The van der Waals surface area contributed by atoms with Crippen molar-refractivity contribution in [2.24, 2.45) is 0 Å². The van der Waals surface area contributed by atoms with Crippen molar-refractivity contribution >= 4 is 23.4 Å². The van der Waals surface area contributed by atoms with Crippen LogP contribution in [-0.4, -0.2) is 34.0 Å². The first-order valence-corrected chi connectivity index (χ1v) is 7.03. The number of thioether (sulfide) groups is 1. The van der Waals surface area contributed by atoms with E-state index in [0.717, 1.165) is 11.4 Å². The Morgan fingerprint density at radius 1 is 1.45 bits per heavy atom. The Morgan fingerprint density at radius 2 is 2.25 bits per heavy atom. The predicted octanol–water partition coefficient (Wildman–Crippen LogP) is 2.16. The van der Waals surface area contributed by atoms with E-state index in [4.69, 9.17) is 4.74 Å². The average Bonchev–Trinajstić information content (AvgIpc) is 2.83. The van der Waals surface area contributed by atoms with Crippen molar-refractivity contribution in [3.8, 4) is 5.75 Å². The fourth-order valence-corrected chi connectivity index (χ4v) is 2.27. The van der Waals surface area contributed by atoms with E-state index in [0.29, 0.717) is 16.6 Å². The van der Waals surface area contributed by atoms with Crippen LogP contribution in [0.3, 0.4) is 0 Å². The Labute approximate surface area is 121 Å². The highest BCUT2D eigenvalue weighted by Gasteiger charge is 2.10. The van der Waals surface area contributed by atoms with Crippen LogP contribution in [0.15, 0.2) is 23.4 Å². The zero-order valence-corrected chi connectivity index (χ0v) is 12.4. The van der Waals surface area contributed by atoms with Gasteiger partial charge in [0, 0.05) is 0 Å². The van der Waals surface area contributed by atoms with Gasteiger partial charge in [-0.25, -0.2) is 4.98 Å². The van der Waals surface area contributed by atoms with Gasteiger partial charge in [-0.2, -0.15) is 0 Å². The Hall–Kier alpha value is -2.02. The number of amides is 1. The molecule has 2 N–H and O–H groups in total. The fourth-order valence-electron chi connectivity index (χ4n) is 1.62. The third-order valence-electron chi connectivity index (χ3n) is 2.54. The van der Waals surface area contributed by atoms with Gasteiger partial charge < -0.3 is 10.1 Å². The lowest BCUT2D eigenvalue weighted by Crippen LogP contribution is -2.15. The number of hydrogen-bond donors (Lipinski definition) is 2. The number of H-pyrrole nitrogens is 1. The van der Waals surface area contributed by atoms with Crippen molar-refractivity contribution < 1.29 is 9.53 Å². The topological polar surface area (TPSA) is 79.9 Å². The number of nitrogens with one attached hydrogen (secondary N) is 2. The van der Waals surface area contributed by atoms with Gasteiger partial charge in [-0.05, 0) is 31.5 Å². The summed E-state index contributed by atoms with van der Waals surface area (Å²) in [4.78, 5) is 16.0. The molecule has 1 amide bonds. The second-order valence-electron chi connectivity index (χ2n) is 4.24. The standard InChI is InChI=1S/C13H16N4O2S/c1-8-4-5-11(19-3)10(6-8)15-12(18)7-20-13-14-9(2)16-17-13/h4-6H,7H2,1-3H3,(H,15,18)(H,14,16,17). The van der Waals surface area contributed by atoms with E-state index >= 15 is 0 Å². The molecule has 0 aliphatic carbocycles. The monoisotopic (exact) mass is 292 g/mol. The first kappa shape index (κ1) is 14.4. The summed E-state index contributed by atoms with van der Waals surface area (Å²) in [6.45, 7) is 3.77. The summed E-state index contributed by atoms with van der Waals surface area (Å²) >= 11 is 1.28. The molecule has 20 heavy (non-hydrogen) atoms. The summed E-state index contributed by atoms with van der Waals surface area (Å²) in [5.41, 5.74) is 1.72. The predicted molar refractivity (Wildman–Crippen MR) is 78.2 cm³/mol. The number of ether oxygens (including phenoxy) is 1. The molecule has 2 aromatic rings. The van der Waals surface area contributed by atoms with E-state index in [1.807, 2.05) is 32.0 Å². The van der Waals surface area contributed by atoms with Crippen LogP contribution in [0.5, 0.6) is 5.75 Å². The van der Waals surface area contributed by atoms with Crippen molar-refractivity contribution in [3.05, 3.63) is 29.6 Å². The maximum absolute atomic E-state index is 11.9. The molecule has 0 bridgehead atoms. The molecule has 0 aliphatic rings. The van der Waals surface area contributed by atoms with Gasteiger partial charge >= 0.3 is 0 Å². The SMILES string of the molecule is COc1ccc(C)cc1NC(=O)CSc1n[nH]c(C)n1. The summed E-state index contributed by atoms with van der Waals surface area (Å²) in [6, 6.07) is 5.63. The first-order chi connectivity index (χ1) is 9.58. The summed E-state index contributed by atoms with van der Waals surface area (Å²) in [5.74, 6) is 1.49. The molecular formula is C13H16N4O2S. The van der Waals surface area contributed by atoms with E-state index in [2.05, 4.69) is 20.5 Å². The minimum Gasteiger partial charge on any atom is -0.495 e. The van der Waals surface area contributed by atoms with Crippen LogP contribution in [0.25, 0.3) is 0 Å². The van der Waals surface area contributed by atoms with Gasteiger partial charge in [0.2, 0.25) is 11.1 Å². The summed E-state index contributed by atoms with van der Waals surface area (Å²) in [6.07, 6.45) is 0. The van der Waals surface area contributed by atoms with Crippen molar-refractivity contribution in [3.63, 3.8) is 0 Å². The van der Waals surface area contributed by atoms with Gasteiger partial charge in [-0.3, -0.25) is 9.89 Å². The second kappa shape index (κ2) is 6.42. The maximum atomic E-state index is 11.9. The van der Waals surface area contributed by atoms with Gasteiger partial charge in [0.25, 0.3) is 0 Å². The number of nitrogens with zero attached hydrogens (tertiary/aromatic N) is 2. The van der Waals surface area contributed by atoms with Crippen LogP contribution in [-0.2, 0) is 4.79 Å². The van der Waals surface area contributed by atoms with Crippen LogP contribution >= 0.6 is 11.8 Å². The number of rotatable bonds is 5. The van der Waals surface area contributed by atoms with Crippen molar-refractivity contribution in [2.45, 2.75) is 19.0 Å². The number of benzene rings is 1. The number of aromatic nitrogens is 3. The largest absolute Gasteiger partial charge is 0.495 e. The van der Waals surface area contributed by atoms with E-state index in [9.17, 15) is 4.79 Å². The third kappa shape index (κ3) is 3.74. The molecule has 0 atom stereocenters. The fraction of sp³-hybridized carbons (Fsp3) is 0.308. The first-order valence-electron chi connectivity index (χ1n) is 6.05. The molecular weight excluding hydrogens is 276 g/mol. The number of aromatic amines is 1. The number of aryl methyl sites for hydroxylation is 2. The number of anilines is 1. The zero-order chi connectivity index (χ0) is 14.5. The van der Waals surface area contributed by atoms with Gasteiger partial charge in [0.15, 0.2) is 0 Å². The second-order valence-corrected chi connectivity index (χ2v) is 5.19. The van der Waals surface area contributed by atoms with Crippen LogP contribution in [0.2, 0.25) is 0 Å². The van der Waals surface area contributed by atoms with Gasteiger partial charge in [-0.15, -0.1) is 5.10 Å². The Kier molecular flexibility index (Phi) is 4.62. The molecule has 0 radical (unpaired) electrons. The molecule has 0 spiro atoms. The highest BCUT2D eigenvalue weighted by atomic mass is 32.2. The molecule has 7 heteroatoms. The van der Waals surface area contributed by atoms with E-state index < -0.39 is 0 Å². The summed E-state index contributed by atoms with van der Waals surface area (Å²) in [7, 11) is 1.57. The quantitative estimate of drug-likeness (QED) is 0.826. The lowest BCUT2D eigenvalue weighted by molar-refractivity contribution is -0.113. The molecule has 0 fully saturated rings. The lowest BCUT2D eigenvalue weighted by Gasteiger charge is -2.10. The molecule has 0 aliphatic heterocycles. The number of carbonyl (C=O) groups excluding carboxylic acids is 1. The van der Waals surface area contributed by atoms with Gasteiger partial charge in [0.05, 0.1) is 18.6 Å². The third-order valence-corrected chi connectivity index (χ3v) is 3.39. The Morgan fingerprint density at radius 3 is 2.90 bits per heavy atom. The molecule has 0 saturated heterocycles. The van der Waals surface area contributed by atoms with E-state index in [-0.39, 0.29) is 11.7 Å². The zero-order valence-electron chi connectivity index (χ0n) is 11.6. The van der Waals surface area contributed by atoms with Crippen LogP contribution in [0, 0.1) is 13.8 Å². The van der Waals surface area contributed by atoms with Gasteiger partial charge in [0.1, 0.15) is 11.6 Å². The molecule has 6 nitrogen and oxygen atoms in total. The highest BCUT2D eigenvalue weighted by molar-refractivity contribution is 7.99. The average molecular weight is 292 g/mol. The summed E-state index contributed by atoms with van der Waals surface area (Å²) in [5, 5.41) is 10.1. The molecule has 1 aromatic carbocycles. The molecule has 2 rings (SSSR count). The smallest absolute Gasteiger partial charge is 0.234 e. The van der Waals surface area contributed by atoms with Crippen molar-refractivity contribution in [1.82, 2.24) is 15.2 Å². The van der Waals surface area contributed by atoms with E-state index in [1.165, 1.54) is 11.8 Å². The molecule has 1 aromatic heterocycles. The minimum absolute atomic E-state index is 0.124. The maximum Gasteiger partial charge on any atom is 0.234 e. The van der Waals surface area contributed by atoms with Crippen molar-refractivity contribution in [1.29, 1.82) is 0 Å². The normalized spacial score (nSPS) is 10.3. The Bertz CT molecular complexity index is 612. The number of hydrogen-bond acceptors (Lipinski definition) is 5. The molecule has 1 heterocycles. The number of methoxy groups -OCH3 is 1. The summed E-state index contributed by atoms with van der Waals surface area (Å²) < 4.78 is 5.22.